The van der Waals surface area contributed by atoms with E-state index >= 15 is 0 Å². The maximum absolute atomic E-state index is 13.0. The van der Waals surface area contributed by atoms with Crippen LogP contribution in [0.2, 0.25) is 0 Å². The summed E-state index contributed by atoms with van der Waals surface area (Å²) in [5.74, 6) is 0.478. The average molecular weight is 445 g/mol. The van der Waals surface area contributed by atoms with Gasteiger partial charge in [-0.05, 0) is 40.0 Å². The van der Waals surface area contributed by atoms with Gasteiger partial charge in [-0.15, -0.1) is 5.10 Å². The van der Waals surface area contributed by atoms with Gasteiger partial charge in [0.25, 0.3) is 0 Å². The lowest BCUT2D eigenvalue weighted by Gasteiger charge is -2.10. The molecular weight excluding hydrogens is 416 g/mol. The second-order valence-electron chi connectivity index (χ2n) is 8.10. The third-order valence-corrected chi connectivity index (χ3v) is 5.71. The van der Waals surface area contributed by atoms with Crippen molar-refractivity contribution in [3.8, 4) is 22.5 Å². The Labute approximate surface area is 192 Å². The number of hydrogen-bond acceptors (Lipinski definition) is 5. The van der Waals surface area contributed by atoms with Crippen molar-refractivity contribution in [2.45, 2.75) is 52.5 Å². The van der Waals surface area contributed by atoms with Crippen molar-refractivity contribution < 1.29 is 4.79 Å². The summed E-state index contributed by atoms with van der Waals surface area (Å²) in [5.41, 5.74) is 4.58. The molecule has 2 aromatic carbocycles. The molecule has 0 amide bonds. The van der Waals surface area contributed by atoms with Crippen molar-refractivity contribution in [2.24, 2.45) is 0 Å². The molecule has 0 aliphatic rings. The molecule has 0 unspecified atom stereocenters. The van der Waals surface area contributed by atoms with Gasteiger partial charge in [-0.25, -0.2) is 14.5 Å². The fraction of sp³-hybridized carbons (Fsp3) is 0.320. The van der Waals surface area contributed by atoms with Gasteiger partial charge in [-0.3, -0.25) is 9.36 Å². The molecule has 1 N–H and O–H groups in total. The number of nitrogens with zero attached hydrogens (tertiary/aromatic N) is 5. The van der Waals surface area contributed by atoms with Gasteiger partial charge in [-0.1, -0.05) is 75.2 Å². The monoisotopic (exact) mass is 444 g/mol. The Bertz CT molecular complexity index is 1270. The van der Waals surface area contributed by atoms with Crippen LogP contribution >= 0.6 is 0 Å². The molecule has 0 saturated heterocycles. The number of imidazole rings is 1. The minimum atomic E-state index is -0.258. The molecule has 2 aromatic heterocycles. The molecule has 8 heteroatoms. The molecule has 0 aliphatic heterocycles. The summed E-state index contributed by atoms with van der Waals surface area (Å²) in [6.07, 6.45) is 5.47. The standard InChI is InChI=1S/C25H28N6O2/c1-3-5-11-23(32)31-17-20(8-4-2)30(25(31)33)16-18-12-14-19(15-13-18)21-9-6-7-10-22(21)24-26-28-29-27-24/h6-7,9-10,12-15,17H,3-5,8,11,16H2,1-2H3,(H,26,27,28,29). The Hall–Kier alpha value is -3.81. The molecule has 0 radical (unpaired) electrons. The van der Waals surface area contributed by atoms with E-state index in [1.54, 1.807) is 10.8 Å². The lowest BCUT2D eigenvalue weighted by molar-refractivity contribution is 0.0894. The molecule has 33 heavy (non-hydrogen) atoms. The molecule has 2 heterocycles. The number of aromatic nitrogens is 6. The smallest absolute Gasteiger partial charge is 0.292 e. The normalized spacial score (nSPS) is 11.1. The van der Waals surface area contributed by atoms with Gasteiger partial charge in [0.05, 0.1) is 6.54 Å². The zero-order chi connectivity index (χ0) is 23.2. The van der Waals surface area contributed by atoms with E-state index < -0.39 is 0 Å². The number of benzene rings is 2. The van der Waals surface area contributed by atoms with Crippen molar-refractivity contribution in [3.63, 3.8) is 0 Å². The molecule has 0 aliphatic carbocycles. The number of unbranched alkanes of at least 4 members (excludes halogenated alkanes) is 1. The number of H-pyrrole nitrogens is 1. The number of hydrogen-bond donors (Lipinski definition) is 1. The summed E-state index contributed by atoms with van der Waals surface area (Å²) in [4.78, 5) is 25.5. The fourth-order valence-electron chi connectivity index (χ4n) is 3.97. The predicted molar refractivity (Wildman–Crippen MR) is 127 cm³/mol. The summed E-state index contributed by atoms with van der Waals surface area (Å²) in [7, 11) is 0. The maximum Gasteiger partial charge on any atom is 0.335 e. The predicted octanol–water partition coefficient (Wildman–Crippen LogP) is 4.33. The SMILES string of the molecule is CCCCC(=O)n1cc(CCC)n(Cc2ccc(-c3ccccc3-c3nnn[nH]3)cc2)c1=O. The zero-order valence-electron chi connectivity index (χ0n) is 19.0. The van der Waals surface area contributed by atoms with Gasteiger partial charge >= 0.3 is 5.69 Å². The first-order valence-electron chi connectivity index (χ1n) is 11.4. The van der Waals surface area contributed by atoms with Crippen LogP contribution in [0.5, 0.6) is 0 Å². The molecule has 0 saturated carbocycles. The number of tetrazole rings is 1. The molecule has 0 spiro atoms. The second kappa shape index (κ2) is 10.2. The van der Waals surface area contributed by atoms with Gasteiger partial charge in [0.1, 0.15) is 0 Å². The van der Waals surface area contributed by atoms with E-state index in [0.717, 1.165) is 53.6 Å². The first-order valence-corrected chi connectivity index (χ1v) is 11.4. The third-order valence-electron chi connectivity index (χ3n) is 5.71. The Balaban J connectivity index is 1.61. The molecule has 4 rings (SSSR count). The van der Waals surface area contributed by atoms with Gasteiger partial charge in [-0.2, -0.15) is 0 Å². The first kappa shape index (κ1) is 22.4. The van der Waals surface area contributed by atoms with Crippen LogP contribution in [-0.2, 0) is 13.0 Å². The highest BCUT2D eigenvalue weighted by molar-refractivity contribution is 5.80. The van der Waals surface area contributed by atoms with Gasteiger partial charge in [0.15, 0.2) is 5.82 Å². The quantitative estimate of drug-likeness (QED) is 0.414. The van der Waals surface area contributed by atoms with Crippen LogP contribution in [0.15, 0.2) is 59.5 Å². The lowest BCUT2D eigenvalue weighted by atomic mass is 9.98. The topological polar surface area (TPSA) is 98.5 Å². The number of carbonyl (C=O) groups excluding carboxylic acids is 1. The van der Waals surface area contributed by atoms with Crippen LogP contribution in [-0.4, -0.2) is 35.7 Å². The van der Waals surface area contributed by atoms with Crippen LogP contribution in [0.25, 0.3) is 22.5 Å². The molecular formula is C25H28N6O2. The summed E-state index contributed by atoms with van der Waals surface area (Å²) < 4.78 is 3.01. The van der Waals surface area contributed by atoms with E-state index in [-0.39, 0.29) is 11.6 Å². The Morgan fingerprint density at radius 2 is 1.76 bits per heavy atom. The van der Waals surface area contributed by atoms with E-state index in [1.165, 1.54) is 4.57 Å². The molecule has 8 nitrogen and oxygen atoms in total. The molecule has 0 bridgehead atoms. The zero-order valence-corrected chi connectivity index (χ0v) is 19.0. The summed E-state index contributed by atoms with van der Waals surface area (Å²) in [6.45, 7) is 4.53. The number of nitrogens with one attached hydrogen (secondary N) is 1. The molecule has 4 aromatic rings. The van der Waals surface area contributed by atoms with Crippen molar-refractivity contribution in [2.75, 3.05) is 0 Å². The first-order chi connectivity index (χ1) is 16.1. The van der Waals surface area contributed by atoms with Crippen LogP contribution in [0, 0.1) is 0 Å². The largest absolute Gasteiger partial charge is 0.335 e. The van der Waals surface area contributed by atoms with Gasteiger partial charge in [0, 0.05) is 23.9 Å². The number of aromatic amines is 1. The van der Waals surface area contributed by atoms with Crippen LogP contribution in [0.4, 0.5) is 0 Å². The fourth-order valence-corrected chi connectivity index (χ4v) is 3.97. The number of rotatable bonds is 9. The van der Waals surface area contributed by atoms with Gasteiger partial charge < -0.3 is 0 Å². The molecule has 0 atom stereocenters. The number of aryl methyl sites for hydroxylation is 1. The third kappa shape index (κ3) is 4.84. The second-order valence-corrected chi connectivity index (χ2v) is 8.10. The summed E-state index contributed by atoms with van der Waals surface area (Å²) in [6, 6.07) is 16.0. The van der Waals surface area contributed by atoms with Crippen LogP contribution in [0.1, 0.15) is 55.6 Å². The molecule has 170 valence electrons. The van der Waals surface area contributed by atoms with Crippen molar-refractivity contribution >= 4 is 5.91 Å². The molecule has 0 fully saturated rings. The Morgan fingerprint density at radius 3 is 2.42 bits per heavy atom. The van der Waals surface area contributed by atoms with E-state index in [2.05, 4.69) is 27.5 Å². The van der Waals surface area contributed by atoms with Gasteiger partial charge in [0.2, 0.25) is 5.91 Å². The van der Waals surface area contributed by atoms with E-state index in [9.17, 15) is 9.59 Å². The van der Waals surface area contributed by atoms with E-state index in [4.69, 9.17) is 0 Å². The van der Waals surface area contributed by atoms with Crippen LogP contribution < -0.4 is 5.69 Å². The maximum atomic E-state index is 13.0. The Morgan fingerprint density at radius 1 is 1.00 bits per heavy atom. The summed E-state index contributed by atoms with van der Waals surface area (Å²) in [5, 5.41) is 14.2. The lowest BCUT2D eigenvalue weighted by Crippen LogP contribution is -2.29. The average Bonchev–Trinajstić information content (AvgIpc) is 3.48. The van der Waals surface area contributed by atoms with E-state index in [1.807, 2.05) is 55.5 Å². The highest BCUT2D eigenvalue weighted by Gasteiger charge is 2.16. The highest BCUT2D eigenvalue weighted by Crippen LogP contribution is 2.29. The van der Waals surface area contributed by atoms with Crippen molar-refractivity contribution in [1.82, 2.24) is 29.8 Å². The number of carbonyl (C=O) groups is 1. The van der Waals surface area contributed by atoms with E-state index in [0.29, 0.717) is 18.8 Å². The van der Waals surface area contributed by atoms with Crippen LogP contribution in [0.3, 0.4) is 0 Å². The minimum absolute atomic E-state index is 0.133. The van der Waals surface area contributed by atoms with Crippen molar-refractivity contribution in [1.29, 1.82) is 0 Å². The minimum Gasteiger partial charge on any atom is -0.292 e. The van der Waals surface area contributed by atoms with Crippen molar-refractivity contribution in [3.05, 3.63) is 76.5 Å². The Kier molecular flexibility index (Phi) is 6.92. The highest BCUT2D eigenvalue weighted by atomic mass is 16.2. The summed E-state index contributed by atoms with van der Waals surface area (Å²) >= 11 is 0.